The summed E-state index contributed by atoms with van der Waals surface area (Å²) >= 11 is -1.02. The van der Waals surface area contributed by atoms with E-state index in [2.05, 4.69) is 20.8 Å². The van der Waals surface area contributed by atoms with E-state index in [0.717, 1.165) is 0 Å². The zero-order valence-corrected chi connectivity index (χ0v) is 25.0. The Kier molecular flexibility index (Phi) is 26.9. The number of hydrogen-bond donors (Lipinski definition) is 0. The van der Waals surface area contributed by atoms with Crippen molar-refractivity contribution in [1.82, 2.24) is 0 Å². The second-order valence-electron chi connectivity index (χ2n) is 9.62. The Bertz CT molecular complexity index is 409. The maximum absolute atomic E-state index is 10.3. The molecule has 1 aromatic rings. The van der Waals surface area contributed by atoms with Gasteiger partial charge in [0.25, 0.3) is 0 Å². The molecule has 186 valence electrons. The number of hydrogen-bond acceptors (Lipinski definition) is 1. The molecule has 0 spiro atoms. The van der Waals surface area contributed by atoms with Gasteiger partial charge in [-0.15, -0.1) is 5.75 Å². The SMILES string of the molecule is CCCCCCC[CH2][Sn+]([CH2]CCCCCCC)[CH2]CCCCCCC.[O-]c1ccccc1. The summed E-state index contributed by atoms with van der Waals surface area (Å²) in [7, 11) is 0. The van der Waals surface area contributed by atoms with E-state index in [4.69, 9.17) is 0 Å². The van der Waals surface area contributed by atoms with Crippen molar-refractivity contribution in [2.45, 2.75) is 150 Å². The molecule has 0 aliphatic carbocycles. The third kappa shape index (κ3) is 24.5. The molecule has 0 aromatic heterocycles. The normalized spacial score (nSPS) is 10.6. The minimum Gasteiger partial charge on any atom is -0.872 e. The number of rotatable bonds is 21. The molecule has 0 radical (unpaired) electrons. The van der Waals surface area contributed by atoms with Gasteiger partial charge in [0.2, 0.25) is 0 Å². The largest absolute Gasteiger partial charge is 0.872 e. The summed E-state index contributed by atoms with van der Waals surface area (Å²) in [5, 5.41) is 10.3. The van der Waals surface area contributed by atoms with Gasteiger partial charge in [-0.1, -0.05) is 30.3 Å². The molecule has 0 heterocycles. The van der Waals surface area contributed by atoms with Gasteiger partial charge < -0.3 is 5.11 Å². The number of unbranched alkanes of at least 4 members (excludes halogenated alkanes) is 15. The summed E-state index contributed by atoms with van der Waals surface area (Å²) in [5.41, 5.74) is 0. The van der Waals surface area contributed by atoms with Gasteiger partial charge in [-0.2, -0.15) is 0 Å². The Balaban J connectivity index is 0.00000115. The molecule has 32 heavy (non-hydrogen) atoms. The van der Waals surface area contributed by atoms with Crippen LogP contribution in [0.4, 0.5) is 0 Å². The Labute approximate surface area is 209 Å². The third-order valence-electron chi connectivity index (χ3n) is 6.39. The topological polar surface area (TPSA) is 23.1 Å². The van der Waals surface area contributed by atoms with Gasteiger partial charge in [0, 0.05) is 0 Å². The second kappa shape index (κ2) is 27.1. The first kappa shape index (κ1) is 31.8. The molecule has 1 rings (SSSR count). The zero-order valence-electron chi connectivity index (χ0n) is 22.1. The molecule has 0 N–H and O–H groups in total. The van der Waals surface area contributed by atoms with Gasteiger partial charge in [-0.3, -0.25) is 0 Å². The molecule has 0 bridgehead atoms. The molecule has 2 heteroatoms. The number of para-hydroxylation sites is 1. The predicted octanol–water partition coefficient (Wildman–Crippen LogP) is 10.3. The molecule has 0 aliphatic rings. The Morgan fingerprint density at radius 2 is 0.781 bits per heavy atom. The van der Waals surface area contributed by atoms with E-state index in [0.29, 0.717) is 0 Å². The fourth-order valence-electron chi connectivity index (χ4n) is 4.26. The second-order valence-corrected chi connectivity index (χ2v) is 18.2. The van der Waals surface area contributed by atoms with Crippen LogP contribution in [0.2, 0.25) is 13.3 Å². The molecule has 0 fully saturated rings. The van der Waals surface area contributed by atoms with E-state index in [1.54, 1.807) is 44.7 Å². The Morgan fingerprint density at radius 3 is 1.06 bits per heavy atom. The van der Waals surface area contributed by atoms with Crippen molar-refractivity contribution in [1.29, 1.82) is 0 Å². The van der Waals surface area contributed by atoms with Crippen molar-refractivity contribution < 1.29 is 5.11 Å². The maximum atomic E-state index is 10.3. The molecule has 0 aliphatic heterocycles. The van der Waals surface area contributed by atoms with Gasteiger partial charge in [0.1, 0.15) is 0 Å². The number of benzene rings is 1. The van der Waals surface area contributed by atoms with Crippen LogP contribution in [-0.4, -0.2) is 19.8 Å². The minimum absolute atomic E-state index is 0.0718. The quantitative estimate of drug-likeness (QED) is 0.110. The first-order valence-electron chi connectivity index (χ1n) is 14.3. The van der Waals surface area contributed by atoms with Crippen LogP contribution in [0.3, 0.4) is 0 Å². The molecule has 0 saturated carbocycles. The molecule has 0 saturated heterocycles. The van der Waals surface area contributed by atoms with Crippen LogP contribution in [0, 0.1) is 0 Å². The van der Waals surface area contributed by atoms with Crippen LogP contribution in [-0.2, 0) is 0 Å². The van der Waals surface area contributed by atoms with Crippen molar-refractivity contribution in [3.05, 3.63) is 30.3 Å². The van der Waals surface area contributed by atoms with Gasteiger partial charge in [0.15, 0.2) is 0 Å². The van der Waals surface area contributed by atoms with Crippen LogP contribution in [0.15, 0.2) is 30.3 Å². The average molecular weight is 551 g/mol. The Morgan fingerprint density at radius 1 is 0.469 bits per heavy atom. The third-order valence-corrected chi connectivity index (χ3v) is 15.5. The summed E-state index contributed by atoms with van der Waals surface area (Å²) in [4.78, 5) is 0. The Hall–Kier alpha value is -0.181. The molecule has 0 amide bonds. The summed E-state index contributed by atoms with van der Waals surface area (Å²) in [5.74, 6) is 0.0718. The zero-order chi connectivity index (χ0) is 23.5. The van der Waals surface area contributed by atoms with Crippen LogP contribution in [0.25, 0.3) is 0 Å². The van der Waals surface area contributed by atoms with E-state index in [-0.39, 0.29) is 5.75 Å². The van der Waals surface area contributed by atoms with E-state index in [1.807, 2.05) is 6.07 Å². The molecule has 0 atom stereocenters. The van der Waals surface area contributed by atoms with Gasteiger partial charge in [-0.05, 0) is 0 Å². The average Bonchev–Trinajstić information content (AvgIpc) is 2.81. The van der Waals surface area contributed by atoms with Crippen LogP contribution >= 0.6 is 0 Å². The molecule has 1 aromatic carbocycles. The maximum Gasteiger partial charge on any atom is -0.0623 e. The fraction of sp³-hybridized carbons (Fsp3) is 0.800. The van der Waals surface area contributed by atoms with Crippen LogP contribution in [0.1, 0.15) is 136 Å². The van der Waals surface area contributed by atoms with Crippen LogP contribution < -0.4 is 5.11 Å². The van der Waals surface area contributed by atoms with Gasteiger partial charge in [0.05, 0.1) is 0 Å². The summed E-state index contributed by atoms with van der Waals surface area (Å²) in [6.07, 6.45) is 26.9. The van der Waals surface area contributed by atoms with Gasteiger partial charge >= 0.3 is 169 Å². The van der Waals surface area contributed by atoms with Gasteiger partial charge in [-0.25, -0.2) is 0 Å². The molecule has 0 unspecified atom stereocenters. The minimum atomic E-state index is -1.02. The fourth-order valence-corrected chi connectivity index (χ4v) is 12.8. The van der Waals surface area contributed by atoms with Crippen molar-refractivity contribution >= 4 is 19.8 Å². The molecular weight excluding hydrogens is 495 g/mol. The van der Waals surface area contributed by atoms with E-state index in [9.17, 15) is 5.11 Å². The predicted molar refractivity (Wildman–Crippen MR) is 146 cm³/mol. The monoisotopic (exact) mass is 552 g/mol. The summed E-state index contributed by atoms with van der Waals surface area (Å²) in [6, 6.07) is 8.33. The van der Waals surface area contributed by atoms with E-state index in [1.165, 1.54) is 108 Å². The van der Waals surface area contributed by atoms with Crippen molar-refractivity contribution in [2.24, 2.45) is 0 Å². The van der Waals surface area contributed by atoms with E-state index >= 15 is 0 Å². The van der Waals surface area contributed by atoms with Crippen molar-refractivity contribution in [3.8, 4) is 5.75 Å². The van der Waals surface area contributed by atoms with Crippen molar-refractivity contribution in [3.63, 3.8) is 0 Å². The molecular formula is C30H56OSn. The summed E-state index contributed by atoms with van der Waals surface area (Å²) in [6.45, 7) is 6.98. The first-order valence-corrected chi connectivity index (χ1v) is 20.4. The van der Waals surface area contributed by atoms with E-state index < -0.39 is 19.8 Å². The van der Waals surface area contributed by atoms with Crippen LogP contribution in [0.5, 0.6) is 5.75 Å². The van der Waals surface area contributed by atoms with Crippen molar-refractivity contribution in [2.75, 3.05) is 0 Å². The smallest absolute Gasteiger partial charge is 0.0623 e. The standard InChI is InChI=1S/3C8H17.C6H6O.Sn/c3*1-3-5-7-8-6-4-2;7-6-4-2-1-3-5-6;/h3*1,3-8H2,2H3;1-5,7H;/q;;;;+1/p-1. The molecule has 1 nitrogen and oxygen atoms in total. The summed E-state index contributed by atoms with van der Waals surface area (Å²) < 4.78 is 5.16. The first-order chi connectivity index (χ1) is 15.7.